The molecule has 1 amide bonds. The Hall–Kier alpha value is -2.24. The summed E-state index contributed by atoms with van der Waals surface area (Å²) in [4.78, 5) is 19.3. The molecule has 1 aromatic rings. The molecule has 6 nitrogen and oxygen atoms in total. The highest BCUT2D eigenvalue weighted by Gasteiger charge is 2.23. The van der Waals surface area contributed by atoms with Crippen molar-refractivity contribution < 1.29 is 4.79 Å². The van der Waals surface area contributed by atoms with Crippen molar-refractivity contribution in [3.63, 3.8) is 0 Å². The number of amides is 1. The van der Waals surface area contributed by atoms with E-state index in [0.29, 0.717) is 19.1 Å². The molecule has 0 aromatic heterocycles. The zero-order chi connectivity index (χ0) is 19.6. The van der Waals surface area contributed by atoms with E-state index in [9.17, 15) is 4.79 Å². The summed E-state index contributed by atoms with van der Waals surface area (Å²) in [6, 6.07) is 10.9. The topological polar surface area (TPSA) is 68.8 Å². The predicted molar refractivity (Wildman–Crippen MR) is 116 cm³/mol. The lowest BCUT2D eigenvalue weighted by atomic mass is 9.89. The molecule has 1 saturated carbocycles. The van der Waals surface area contributed by atoms with Gasteiger partial charge in [-0.2, -0.15) is 0 Å². The SMILES string of the molecule is CCNC(=NCCNC(=O)C1CCCCC1)NC1CCN(c2ccccc2)C1. The van der Waals surface area contributed by atoms with E-state index >= 15 is 0 Å². The summed E-state index contributed by atoms with van der Waals surface area (Å²) in [5, 5.41) is 9.94. The maximum atomic E-state index is 12.2. The zero-order valence-corrected chi connectivity index (χ0v) is 17.1. The van der Waals surface area contributed by atoms with Gasteiger partial charge < -0.3 is 20.9 Å². The van der Waals surface area contributed by atoms with Crippen LogP contribution in [0.5, 0.6) is 0 Å². The summed E-state index contributed by atoms with van der Waals surface area (Å²) in [7, 11) is 0. The number of guanidine groups is 1. The van der Waals surface area contributed by atoms with Gasteiger partial charge in [0.2, 0.25) is 5.91 Å². The second-order valence-electron chi connectivity index (χ2n) is 7.80. The van der Waals surface area contributed by atoms with Crippen molar-refractivity contribution in [3.8, 4) is 0 Å². The van der Waals surface area contributed by atoms with Crippen LogP contribution in [-0.2, 0) is 4.79 Å². The van der Waals surface area contributed by atoms with Crippen LogP contribution in [0, 0.1) is 5.92 Å². The number of aliphatic imine (C=N–C) groups is 1. The van der Waals surface area contributed by atoms with Gasteiger partial charge in [-0.05, 0) is 38.3 Å². The lowest BCUT2D eigenvalue weighted by molar-refractivity contribution is -0.125. The Balaban J connectivity index is 1.42. The van der Waals surface area contributed by atoms with Crippen molar-refractivity contribution in [1.82, 2.24) is 16.0 Å². The van der Waals surface area contributed by atoms with Gasteiger partial charge in [-0.1, -0.05) is 37.5 Å². The fourth-order valence-electron chi connectivity index (χ4n) is 4.12. The second kappa shape index (κ2) is 10.9. The number of carbonyl (C=O) groups excluding carboxylic acids is 1. The maximum Gasteiger partial charge on any atom is 0.223 e. The number of nitrogens with zero attached hydrogens (tertiary/aromatic N) is 2. The Morgan fingerprint density at radius 3 is 2.64 bits per heavy atom. The number of para-hydroxylation sites is 1. The quantitative estimate of drug-likeness (QED) is 0.383. The molecule has 1 saturated heterocycles. The van der Waals surface area contributed by atoms with Crippen LogP contribution in [-0.4, -0.2) is 50.6 Å². The Labute approximate surface area is 169 Å². The third-order valence-corrected chi connectivity index (χ3v) is 5.65. The van der Waals surface area contributed by atoms with Gasteiger partial charge in [0.1, 0.15) is 0 Å². The molecule has 1 aromatic carbocycles. The molecular formula is C22H35N5O. The maximum absolute atomic E-state index is 12.2. The van der Waals surface area contributed by atoms with Gasteiger partial charge in [0.05, 0.1) is 6.54 Å². The van der Waals surface area contributed by atoms with Crippen LogP contribution in [0.4, 0.5) is 5.69 Å². The number of carbonyl (C=O) groups is 1. The minimum absolute atomic E-state index is 0.210. The molecule has 1 aliphatic heterocycles. The fraction of sp³-hybridized carbons (Fsp3) is 0.636. The summed E-state index contributed by atoms with van der Waals surface area (Å²) >= 11 is 0. The molecule has 6 heteroatoms. The Bertz CT molecular complexity index is 627. The smallest absolute Gasteiger partial charge is 0.223 e. The molecule has 0 bridgehead atoms. The van der Waals surface area contributed by atoms with E-state index < -0.39 is 0 Å². The van der Waals surface area contributed by atoms with Gasteiger partial charge in [-0.15, -0.1) is 0 Å². The highest BCUT2D eigenvalue weighted by Crippen LogP contribution is 2.23. The lowest BCUT2D eigenvalue weighted by Crippen LogP contribution is -2.45. The predicted octanol–water partition coefficient (Wildman–Crippen LogP) is 2.52. The molecule has 28 heavy (non-hydrogen) atoms. The second-order valence-corrected chi connectivity index (χ2v) is 7.80. The van der Waals surface area contributed by atoms with E-state index in [-0.39, 0.29) is 11.8 Å². The largest absolute Gasteiger partial charge is 0.369 e. The first-order valence-electron chi connectivity index (χ1n) is 10.9. The number of benzene rings is 1. The first-order valence-corrected chi connectivity index (χ1v) is 10.9. The summed E-state index contributed by atoms with van der Waals surface area (Å²) in [6.07, 6.45) is 6.82. The van der Waals surface area contributed by atoms with Crippen molar-refractivity contribution in [3.05, 3.63) is 30.3 Å². The highest BCUT2D eigenvalue weighted by molar-refractivity contribution is 5.80. The Morgan fingerprint density at radius 1 is 1.11 bits per heavy atom. The van der Waals surface area contributed by atoms with E-state index in [1.165, 1.54) is 24.9 Å². The summed E-state index contributed by atoms with van der Waals surface area (Å²) in [5.41, 5.74) is 1.28. The van der Waals surface area contributed by atoms with Crippen molar-refractivity contribution in [1.29, 1.82) is 0 Å². The third-order valence-electron chi connectivity index (χ3n) is 5.65. The van der Waals surface area contributed by atoms with Gasteiger partial charge in [0.15, 0.2) is 5.96 Å². The molecule has 2 fully saturated rings. The van der Waals surface area contributed by atoms with Crippen LogP contribution >= 0.6 is 0 Å². The lowest BCUT2D eigenvalue weighted by Gasteiger charge is -2.21. The average molecular weight is 386 g/mol. The summed E-state index contributed by atoms with van der Waals surface area (Å²) in [6.45, 7) is 6.14. The van der Waals surface area contributed by atoms with Gasteiger partial charge in [0, 0.05) is 43.8 Å². The summed E-state index contributed by atoms with van der Waals surface area (Å²) in [5.74, 6) is 1.27. The molecule has 1 heterocycles. The first kappa shape index (κ1) is 20.5. The minimum Gasteiger partial charge on any atom is -0.369 e. The molecule has 3 N–H and O–H groups in total. The number of hydrogen-bond acceptors (Lipinski definition) is 3. The van der Waals surface area contributed by atoms with Crippen molar-refractivity contribution in [2.75, 3.05) is 37.6 Å². The van der Waals surface area contributed by atoms with Crippen LogP contribution < -0.4 is 20.9 Å². The summed E-state index contributed by atoms with van der Waals surface area (Å²) < 4.78 is 0. The molecule has 1 unspecified atom stereocenters. The van der Waals surface area contributed by atoms with Crippen LogP contribution in [0.2, 0.25) is 0 Å². The number of hydrogen-bond donors (Lipinski definition) is 3. The molecule has 1 atom stereocenters. The zero-order valence-electron chi connectivity index (χ0n) is 17.1. The Kier molecular flexibility index (Phi) is 8.00. The Morgan fingerprint density at radius 2 is 1.89 bits per heavy atom. The monoisotopic (exact) mass is 385 g/mol. The molecule has 154 valence electrons. The number of rotatable bonds is 7. The standard InChI is InChI=1S/C22H35N5O/c1-2-23-22(25-15-14-24-21(28)18-9-5-3-6-10-18)26-19-13-16-27(17-19)20-11-7-4-8-12-20/h4,7-8,11-12,18-19H,2-3,5-6,9-10,13-17H2,1H3,(H,24,28)(H2,23,25,26). The van der Waals surface area contributed by atoms with Gasteiger partial charge in [0.25, 0.3) is 0 Å². The first-order chi connectivity index (χ1) is 13.8. The van der Waals surface area contributed by atoms with Gasteiger partial charge in [-0.3, -0.25) is 9.79 Å². The van der Waals surface area contributed by atoms with E-state index in [0.717, 1.165) is 44.9 Å². The van der Waals surface area contributed by atoms with Crippen molar-refractivity contribution in [2.24, 2.45) is 10.9 Å². The van der Waals surface area contributed by atoms with Gasteiger partial charge >= 0.3 is 0 Å². The molecule has 1 aliphatic carbocycles. The average Bonchev–Trinajstić information content (AvgIpc) is 3.21. The van der Waals surface area contributed by atoms with Crippen molar-refractivity contribution >= 4 is 17.6 Å². The van der Waals surface area contributed by atoms with Crippen LogP contribution in [0.25, 0.3) is 0 Å². The minimum atomic E-state index is 0.210. The molecule has 0 radical (unpaired) electrons. The molecular weight excluding hydrogens is 350 g/mol. The van der Waals surface area contributed by atoms with E-state index in [1.807, 2.05) is 0 Å². The van der Waals surface area contributed by atoms with Crippen LogP contribution in [0.3, 0.4) is 0 Å². The third kappa shape index (κ3) is 6.14. The van der Waals surface area contributed by atoms with Gasteiger partial charge in [-0.25, -0.2) is 0 Å². The number of anilines is 1. The van der Waals surface area contributed by atoms with Crippen LogP contribution in [0.15, 0.2) is 35.3 Å². The van der Waals surface area contributed by atoms with E-state index in [2.05, 4.69) is 63.1 Å². The molecule has 2 aliphatic rings. The number of nitrogens with one attached hydrogen (secondary N) is 3. The highest BCUT2D eigenvalue weighted by atomic mass is 16.1. The van der Waals surface area contributed by atoms with E-state index in [1.54, 1.807) is 0 Å². The van der Waals surface area contributed by atoms with Crippen LogP contribution in [0.1, 0.15) is 45.4 Å². The molecule has 0 spiro atoms. The molecule has 3 rings (SSSR count). The van der Waals surface area contributed by atoms with E-state index in [4.69, 9.17) is 0 Å². The van der Waals surface area contributed by atoms with Crippen molar-refractivity contribution in [2.45, 2.75) is 51.5 Å². The normalized spacial score (nSPS) is 20.8. The fourth-order valence-corrected chi connectivity index (χ4v) is 4.12.